The summed E-state index contributed by atoms with van der Waals surface area (Å²) in [6.45, 7) is 0. The van der Waals surface area contributed by atoms with E-state index in [1.165, 1.54) is 57.7 Å². The van der Waals surface area contributed by atoms with Crippen molar-refractivity contribution in [1.29, 1.82) is 0 Å². The van der Waals surface area contributed by atoms with E-state index in [9.17, 15) is 17.6 Å². The second-order valence-corrected chi connectivity index (χ2v) is 11.6. The fourth-order valence-corrected chi connectivity index (χ4v) is 5.25. The molecular weight excluding hydrogens is 577 g/mol. The van der Waals surface area contributed by atoms with Crippen molar-refractivity contribution in [2.45, 2.75) is 0 Å². The number of sulfonamides is 1. The lowest BCUT2D eigenvalue weighted by Crippen LogP contribution is -2.25. The number of halogens is 1. The Balaban J connectivity index is 1.64. The minimum Gasteiger partial charge on any atom is -0.479 e. The van der Waals surface area contributed by atoms with E-state index in [1.54, 1.807) is 24.4 Å². The van der Waals surface area contributed by atoms with Crippen LogP contribution < -0.4 is 14.4 Å². The molecule has 6 aromatic rings. The molecule has 0 radical (unpaired) electrons. The van der Waals surface area contributed by atoms with Crippen molar-refractivity contribution in [3.63, 3.8) is 0 Å². The van der Waals surface area contributed by atoms with Gasteiger partial charge in [0.05, 0.1) is 36.5 Å². The number of fused-ring (bicyclic) bond motifs is 2. The summed E-state index contributed by atoms with van der Waals surface area (Å²) in [5.41, 5.74) is 2.35. The van der Waals surface area contributed by atoms with Crippen molar-refractivity contribution in [1.82, 2.24) is 20.3 Å². The summed E-state index contributed by atoms with van der Waals surface area (Å²) in [6, 6.07) is 14.0. The lowest BCUT2D eigenvalue weighted by molar-refractivity contribution is 0.0964. The van der Waals surface area contributed by atoms with Crippen molar-refractivity contribution in [3.8, 4) is 39.9 Å². The zero-order valence-electron chi connectivity index (χ0n) is 23.4. The number of aromatic nitrogens is 3. The van der Waals surface area contributed by atoms with Gasteiger partial charge in [-0.2, -0.15) is 0 Å². The van der Waals surface area contributed by atoms with E-state index in [0.29, 0.717) is 28.0 Å². The second-order valence-electron chi connectivity index (χ2n) is 9.61. The number of hydrogen-bond donors (Lipinski definition) is 1. The first kappa shape index (κ1) is 27.8. The summed E-state index contributed by atoms with van der Waals surface area (Å²) in [5.74, 6) is -0.197. The molecule has 13 heteroatoms. The maximum Gasteiger partial charge on any atom is 0.255 e. The largest absolute Gasteiger partial charge is 0.479 e. The summed E-state index contributed by atoms with van der Waals surface area (Å²) >= 11 is 0. The Bertz CT molecular complexity index is 2110. The molecule has 2 aromatic carbocycles. The highest BCUT2D eigenvalue weighted by Crippen LogP contribution is 2.42. The van der Waals surface area contributed by atoms with Gasteiger partial charge in [-0.05, 0) is 48.5 Å². The Kier molecular flexibility index (Phi) is 6.81. The normalized spacial score (nSPS) is 11.7. The molecule has 0 bridgehead atoms. The molecule has 43 heavy (non-hydrogen) atoms. The van der Waals surface area contributed by atoms with E-state index in [-0.39, 0.29) is 39.9 Å². The van der Waals surface area contributed by atoms with Crippen LogP contribution in [0.5, 0.6) is 5.88 Å². The van der Waals surface area contributed by atoms with Gasteiger partial charge in [-0.15, -0.1) is 0 Å². The van der Waals surface area contributed by atoms with Gasteiger partial charge in [0.1, 0.15) is 17.2 Å². The fourth-order valence-electron chi connectivity index (χ4n) is 4.74. The van der Waals surface area contributed by atoms with Gasteiger partial charge in [0, 0.05) is 48.3 Å². The maximum atomic E-state index is 13.7. The standard InChI is InChI=1S/C30H24FN5O6S/c1-32-28(37)25-20-13-19(21-15-34-30(40-3)26(35-21)24-12-17-6-5-11-33-29(17)42-24)22(36(2)43(4,38)39)14-23(20)41-27(25)16-7-9-18(31)10-8-16/h5-15H,1-4H3,(H,32,37). The van der Waals surface area contributed by atoms with Gasteiger partial charge < -0.3 is 18.9 Å². The number of carbonyl (C=O) groups is 1. The molecule has 1 N–H and O–H groups in total. The second kappa shape index (κ2) is 10.5. The van der Waals surface area contributed by atoms with Crippen LogP contribution in [-0.4, -0.2) is 56.7 Å². The van der Waals surface area contributed by atoms with Gasteiger partial charge in [-0.1, -0.05) is 0 Å². The fraction of sp³-hybridized carbons (Fsp3) is 0.133. The number of pyridine rings is 1. The molecule has 4 aromatic heterocycles. The topological polar surface area (TPSA) is 141 Å². The molecule has 0 fully saturated rings. The number of carbonyl (C=O) groups excluding carboxylic acids is 1. The molecule has 11 nitrogen and oxygen atoms in total. The highest BCUT2D eigenvalue weighted by atomic mass is 32.2. The minimum absolute atomic E-state index is 0.176. The number of nitrogens with one attached hydrogen (secondary N) is 1. The number of ether oxygens (including phenoxy) is 1. The van der Waals surface area contributed by atoms with Crippen LogP contribution in [-0.2, 0) is 10.0 Å². The molecule has 218 valence electrons. The van der Waals surface area contributed by atoms with Gasteiger partial charge in [-0.3, -0.25) is 9.10 Å². The van der Waals surface area contributed by atoms with Crippen molar-refractivity contribution >= 4 is 43.7 Å². The van der Waals surface area contributed by atoms with Gasteiger partial charge in [0.25, 0.3) is 5.91 Å². The predicted octanol–water partition coefficient (Wildman–Crippen LogP) is 5.27. The van der Waals surface area contributed by atoms with Gasteiger partial charge in [-0.25, -0.2) is 27.8 Å². The predicted molar refractivity (Wildman–Crippen MR) is 159 cm³/mol. The number of furan rings is 2. The molecule has 0 saturated carbocycles. The van der Waals surface area contributed by atoms with E-state index >= 15 is 0 Å². The first-order valence-electron chi connectivity index (χ1n) is 12.9. The first-order chi connectivity index (χ1) is 20.6. The Morgan fingerprint density at radius 3 is 2.51 bits per heavy atom. The van der Waals surface area contributed by atoms with E-state index in [4.69, 9.17) is 18.6 Å². The average Bonchev–Trinajstić information content (AvgIpc) is 3.61. The third-order valence-corrected chi connectivity index (χ3v) is 8.13. The molecule has 6 rings (SSSR count). The molecule has 4 heterocycles. The molecule has 0 unspecified atom stereocenters. The van der Waals surface area contributed by atoms with Crippen molar-refractivity contribution in [2.75, 3.05) is 31.8 Å². The maximum absolute atomic E-state index is 13.7. The number of nitrogens with zero attached hydrogens (tertiary/aromatic N) is 4. The van der Waals surface area contributed by atoms with Crippen LogP contribution in [0.25, 0.3) is 56.1 Å². The third-order valence-electron chi connectivity index (χ3n) is 6.94. The zero-order valence-corrected chi connectivity index (χ0v) is 24.2. The third kappa shape index (κ3) is 4.93. The van der Waals surface area contributed by atoms with Crippen molar-refractivity contribution < 1.29 is 31.2 Å². The van der Waals surface area contributed by atoms with Crippen LogP contribution in [0.3, 0.4) is 0 Å². The zero-order chi connectivity index (χ0) is 30.5. The van der Waals surface area contributed by atoms with Gasteiger partial charge in [0.15, 0.2) is 11.5 Å². The quantitative estimate of drug-likeness (QED) is 0.259. The van der Waals surface area contributed by atoms with E-state index in [0.717, 1.165) is 15.9 Å². The molecule has 0 aliphatic carbocycles. The minimum atomic E-state index is -3.76. The summed E-state index contributed by atoms with van der Waals surface area (Å²) in [6.07, 6.45) is 4.10. The summed E-state index contributed by atoms with van der Waals surface area (Å²) in [7, 11) is 0.561. The van der Waals surface area contributed by atoms with Crippen LogP contribution in [0.4, 0.5) is 10.1 Å². The van der Waals surface area contributed by atoms with Crippen LogP contribution in [0.15, 0.2) is 75.8 Å². The first-order valence-corrected chi connectivity index (χ1v) is 14.7. The lowest BCUT2D eigenvalue weighted by atomic mass is 10.0. The van der Waals surface area contributed by atoms with Crippen molar-refractivity contribution in [2.24, 2.45) is 0 Å². The van der Waals surface area contributed by atoms with Gasteiger partial charge >= 0.3 is 0 Å². The average molecular weight is 602 g/mol. The van der Waals surface area contributed by atoms with E-state index in [1.807, 2.05) is 6.07 Å². The number of anilines is 1. The molecule has 0 aliphatic heterocycles. The number of benzene rings is 2. The smallest absolute Gasteiger partial charge is 0.255 e. The Hall–Kier alpha value is -5.30. The Morgan fingerprint density at radius 2 is 1.84 bits per heavy atom. The van der Waals surface area contributed by atoms with E-state index < -0.39 is 21.7 Å². The Morgan fingerprint density at radius 1 is 1.07 bits per heavy atom. The summed E-state index contributed by atoms with van der Waals surface area (Å²) < 4.78 is 57.8. The number of methoxy groups -OCH3 is 1. The monoisotopic (exact) mass is 601 g/mol. The lowest BCUT2D eigenvalue weighted by Gasteiger charge is -2.20. The number of amides is 1. The number of rotatable bonds is 7. The Labute approximate surface area is 245 Å². The van der Waals surface area contributed by atoms with Crippen LogP contribution in [0.2, 0.25) is 0 Å². The van der Waals surface area contributed by atoms with Gasteiger partial charge in [0.2, 0.25) is 21.6 Å². The van der Waals surface area contributed by atoms with Crippen LogP contribution in [0, 0.1) is 5.82 Å². The van der Waals surface area contributed by atoms with Crippen LogP contribution >= 0.6 is 0 Å². The molecule has 0 saturated heterocycles. The highest BCUT2D eigenvalue weighted by Gasteiger charge is 2.27. The summed E-state index contributed by atoms with van der Waals surface area (Å²) in [4.78, 5) is 26.6. The molecule has 0 atom stereocenters. The molecule has 0 aliphatic rings. The highest BCUT2D eigenvalue weighted by molar-refractivity contribution is 7.92. The molecular formula is C30H24FN5O6S. The molecule has 1 amide bonds. The van der Waals surface area contributed by atoms with Crippen molar-refractivity contribution in [3.05, 3.63) is 78.4 Å². The summed E-state index contributed by atoms with van der Waals surface area (Å²) in [5, 5.41) is 3.74. The molecule has 0 spiro atoms. The van der Waals surface area contributed by atoms with Crippen LogP contribution in [0.1, 0.15) is 10.4 Å². The number of hydrogen-bond acceptors (Lipinski definition) is 9. The SMILES string of the molecule is CNC(=O)c1c(-c2ccc(F)cc2)oc2cc(N(C)S(C)(=O)=O)c(-c3cnc(OC)c(-c4cc5cccnc5o4)n3)cc12. The van der Waals surface area contributed by atoms with E-state index in [2.05, 4.69) is 15.3 Å².